The number of aromatic nitrogens is 1. The van der Waals surface area contributed by atoms with Gasteiger partial charge in [0, 0.05) is 22.4 Å². The fourth-order valence-electron chi connectivity index (χ4n) is 2.57. The minimum atomic E-state index is -0.151. The fraction of sp³-hybridized carbons (Fsp3) is 0.250. The number of amides is 2. The van der Waals surface area contributed by atoms with Crippen LogP contribution in [0.2, 0.25) is 0 Å². The number of likely N-dealkylation sites (N-methyl/N-ethyl adjacent to an activating group) is 1. The van der Waals surface area contributed by atoms with E-state index in [4.69, 9.17) is 0 Å². The van der Waals surface area contributed by atoms with Crippen LogP contribution < -0.4 is 5.32 Å². The average Bonchev–Trinajstić information content (AvgIpc) is 3.37. The molecule has 0 aliphatic heterocycles. The van der Waals surface area contributed by atoms with Gasteiger partial charge in [0.25, 0.3) is 0 Å². The zero-order chi connectivity index (χ0) is 19.1. The zero-order valence-electron chi connectivity index (χ0n) is 15.1. The second-order valence-corrected chi connectivity index (χ2v) is 7.84. The van der Waals surface area contributed by atoms with Crippen LogP contribution in [0.5, 0.6) is 0 Å². The monoisotopic (exact) mass is 399 g/mol. The zero-order valence-corrected chi connectivity index (χ0v) is 16.7. The third-order valence-electron chi connectivity index (χ3n) is 4.01. The molecule has 2 amide bonds. The second-order valence-electron chi connectivity index (χ2n) is 5.95. The predicted molar refractivity (Wildman–Crippen MR) is 110 cm³/mol. The van der Waals surface area contributed by atoms with Crippen molar-refractivity contribution in [3.8, 4) is 10.6 Å². The average molecular weight is 400 g/mol. The summed E-state index contributed by atoms with van der Waals surface area (Å²) in [6.45, 7) is 2.92. The number of thiazole rings is 1. The van der Waals surface area contributed by atoms with Crippen molar-refractivity contribution < 1.29 is 9.59 Å². The van der Waals surface area contributed by atoms with E-state index in [1.807, 2.05) is 60.1 Å². The molecule has 0 saturated heterocycles. The first-order valence-electron chi connectivity index (χ1n) is 8.72. The third-order valence-corrected chi connectivity index (χ3v) is 5.83. The molecule has 0 saturated carbocycles. The fourth-order valence-corrected chi connectivity index (χ4v) is 4.04. The van der Waals surface area contributed by atoms with E-state index >= 15 is 0 Å². The Morgan fingerprint density at radius 3 is 2.63 bits per heavy atom. The molecule has 0 aliphatic rings. The molecule has 0 unspecified atom stereocenters. The summed E-state index contributed by atoms with van der Waals surface area (Å²) < 4.78 is 0. The van der Waals surface area contributed by atoms with Crippen LogP contribution >= 0.6 is 22.7 Å². The maximum atomic E-state index is 12.6. The standard InChI is InChI=1S/C20H21N3O2S2/c1-2-23(13-18(24)21-12-17-9-6-10-26-17)19(25)11-16-14-27-20(22-16)15-7-4-3-5-8-15/h3-10,14H,2,11-13H2,1H3,(H,21,24). The highest BCUT2D eigenvalue weighted by Gasteiger charge is 2.17. The van der Waals surface area contributed by atoms with Crippen LogP contribution in [0.1, 0.15) is 17.5 Å². The maximum absolute atomic E-state index is 12.6. The molecule has 0 radical (unpaired) electrons. The van der Waals surface area contributed by atoms with Crippen molar-refractivity contribution >= 4 is 34.5 Å². The van der Waals surface area contributed by atoms with Gasteiger partial charge in [-0.1, -0.05) is 36.4 Å². The molecule has 0 fully saturated rings. The van der Waals surface area contributed by atoms with E-state index in [9.17, 15) is 9.59 Å². The van der Waals surface area contributed by atoms with Gasteiger partial charge in [0.2, 0.25) is 11.8 Å². The summed E-state index contributed by atoms with van der Waals surface area (Å²) in [7, 11) is 0. The van der Waals surface area contributed by atoms with Crippen LogP contribution in [0.15, 0.2) is 53.2 Å². The van der Waals surface area contributed by atoms with E-state index in [-0.39, 0.29) is 24.8 Å². The first-order valence-corrected chi connectivity index (χ1v) is 10.5. The van der Waals surface area contributed by atoms with Crippen LogP contribution in [0.3, 0.4) is 0 Å². The van der Waals surface area contributed by atoms with E-state index in [1.54, 1.807) is 16.2 Å². The van der Waals surface area contributed by atoms with E-state index in [0.29, 0.717) is 13.1 Å². The van der Waals surface area contributed by atoms with Gasteiger partial charge in [-0.3, -0.25) is 9.59 Å². The lowest BCUT2D eigenvalue weighted by Gasteiger charge is -2.19. The predicted octanol–water partition coefficient (Wildman–Crippen LogP) is 3.58. The van der Waals surface area contributed by atoms with Crippen LogP contribution in [-0.4, -0.2) is 34.8 Å². The molecule has 0 atom stereocenters. The van der Waals surface area contributed by atoms with Gasteiger partial charge in [-0.25, -0.2) is 4.98 Å². The molecule has 1 N–H and O–H groups in total. The molecule has 7 heteroatoms. The van der Waals surface area contributed by atoms with Crippen LogP contribution in [0.4, 0.5) is 0 Å². The summed E-state index contributed by atoms with van der Waals surface area (Å²) in [5, 5.41) is 7.64. The first kappa shape index (κ1) is 19.3. The van der Waals surface area contributed by atoms with Gasteiger partial charge < -0.3 is 10.2 Å². The molecule has 3 aromatic rings. The lowest BCUT2D eigenvalue weighted by atomic mass is 10.2. The molecule has 0 bridgehead atoms. The van der Waals surface area contributed by atoms with E-state index in [0.717, 1.165) is 21.1 Å². The van der Waals surface area contributed by atoms with Gasteiger partial charge >= 0.3 is 0 Å². The molecule has 2 heterocycles. The summed E-state index contributed by atoms with van der Waals surface area (Å²) in [5.74, 6) is -0.240. The minimum absolute atomic E-state index is 0.0659. The SMILES string of the molecule is CCN(CC(=O)NCc1cccs1)C(=O)Cc1csc(-c2ccccc2)n1. The molecular weight excluding hydrogens is 378 g/mol. The Bertz CT molecular complexity index is 876. The van der Waals surface area contributed by atoms with Gasteiger partial charge in [0.15, 0.2) is 0 Å². The molecule has 0 spiro atoms. The van der Waals surface area contributed by atoms with Crippen LogP contribution in [0.25, 0.3) is 10.6 Å². The van der Waals surface area contributed by atoms with Crippen molar-refractivity contribution in [3.05, 3.63) is 63.8 Å². The van der Waals surface area contributed by atoms with Gasteiger partial charge in [0.05, 0.1) is 25.2 Å². The molecule has 5 nitrogen and oxygen atoms in total. The minimum Gasteiger partial charge on any atom is -0.350 e. The van der Waals surface area contributed by atoms with Crippen molar-refractivity contribution in [2.75, 3.05) is 13.1 Å². The molecule has 140 valence electrons. The number of hydrogen-bond donors (Lipinski definition) is 1. The Balaban J connectivity index is 1.54. The maximum Gasteiger partial charge on any atom is 0.239 e. The van der Waals surface area contributed by atoms with Crippen molar-refractivity contribution in [1.82, 2.24) is 15.2 Å². The summed E-state index contributed by atoms with van der Waals surface area (Å²) in [5.41, 5.74) is 1.78. The Hall–Kier alpha value is -2.51. The molecule has 2 aromatic heterocycles. The third kappa shape index (κ3) is 5.48. The number of carbonyl (C=O) groups excluding carboxylic acids is 2. The Morgan fingerprint density at radius 2 is 1.93 bits per heavy atom. The number of nitrogens with zero attached hydrogens (tertiary/aromatic N) is 2. The molecule has 0 aliphatic carbocycles. The number of hydrogen-bond acceptors (Lipinski definition) is 5. The van der Waals surface area contributed by atoms with E-state index < -0.39 is 0 Å². The Kier molecular flexibility index (Phi) is 6.73. The summed E-state index contributed by atoms with van der Waals surface area (Å²) in [6.07, 6.45) is 0.204. The lowest BCUT2D eigenvalue weighted by Crippen LogP contribution is -2.41. The van der Waals surface area contributed by atoms with E-state index in [1.165, 1.54) is 11.3 Å². The first-order chi connectivity index (χ1) is 13.2. The number of thiophene rings is 1. The van der Waals surface area contributed by atoms with Gasteiger partial charge in [-0.05, 0) is 18.4 Å². The van der Waals surface area contributed by atoms with Crippen molar-refractivity contribution in [2.24, 2.45) is 0 Å². The normalized spacial score (nSPS) is 10.6. The van der Waals surface area contributed by atoms with Crippen LogP contribution in [0, 0.1) is 0 Å². The molecular formula is C20H21N3O2S2. The summed E-state index contributed by atoms with van der Waals surface area (Å²) in [4.78, 5) is 31.9. The largest absolute Gasteiger partial charge is 0.350 e. The molecule has 1 aromatic carbocycles. The Morgan fingerprint density at radius 1 is 1.11 bits per heavy atom. The highest BCUT2D eigenvalue weighted by atomic mass is 32.1. The highest BCUT2D eigenvalue weighted by Crippen LogP contribution is 2.23. The van der Waals surface area contributed by atoms with Gasteiger partial charge in [-0.15, -0.1) is 22.7 Å². The number of rotatable bonds is 8. The second kappa shape index (κ2) is 9.43. The van der Waals surface area contributed by atoms with Gasteiger partial charge in [-0.2, -0.15) is 0 Å². The quantitative estimate of drug-likeness (QED) is 0.630. The van der Waals surface area contributed by atoms with E-state index in [2.05, 4.69) is 10.3 Å². The Labute approximate surface area is 166 Å². The summed E-state index contributed by atoms with van der Waals surface area (Å²) >= 11 is 3.12. The topological polar surface area (TPSA) is 62.3 Å². The molecule has 3 rings (SSSR count). The van der Waals surface area contributed by atoms with Crippen molar-refractivity contribution in [3.63, 3.8) is 0 Å². The van der Waals surface area contributed by atoms with Gasteiger partial charge in [0.1, 0.15) is 5.01 Å². The smallest absolute Gasteiger partial charge is 0.239 e. The van der Waals surface area contributed by atoms with Crippen LogP contribution in [-0.2, 0) is 22.6 Å². The number of nitrogens with one attached hydrogen (secondary N) is 1. The highest BCUT2D eigenvalue weighted by molar-refractivity contribution is 7.13. The summed E-state index contributed by atoms with van der Waals surface area (Å²) in [6, 6.07) is 13.8. The number of benzene rings is 1. The molecule has 27 heavy (non-hydrogen) atoms. The lowest BCUT2D eigenvalue weighted by molar-refractivity contribution is -0.135. The van der Waals surface area contributed by atoms with Crippen molar-refractivity contribution in [1.29, 1.82) is 0 Å². The number of carbonyl (C=O) groups is 2. The van der Waals surface area contributed by atoms with Crippen molar-refractivity contribution in [2.45, 2.75) is 19.9 Å².